The second-order valence-corrected chi connectivity index (χ2v) is 17.5. The van der Waals surface area contributed by atoms with Crippen LogP contribution in [-0.2, 0) is 21.1 Å². The molecule has 8 heterocycles. The molecule has 17 heteroatoms. The van der Waals surface area contributed by atoms with Gasteiger partial charge >= 0.3 is 0 Å². The number of imidazole rings is 2. The van der Waals surface area contributed by atoms with E-state index in [0.717, 1.165) is 77.1 Å². The molecule has 0 spiro atoms. The summed E-state index contributed by atoms with van der Waals surface area (Å²) >= 11 is 0. The van der Waals surface area contributed by atoms with Gasteiger partial charge in [-0.1, -0.05) is 14.9 Å². The predicted octanol–water partition coefficient (Wildman–Crippen LogP) is 4.90. The molecule has 6 saturated carbocycles. The van der Waals surface area contributed by atoms with Gasteiger partial charge in [-0.2, -0.15) is 4.31 Å². The average Bonchev–Trinajstić information content (AvgIpc) is 3.78. The maximum atomic E-state index is 13.0. The third-order valence-electron chi connectivity index (χ3n) is 11.8. The Morgan fingerprint density at radius 2 is 1.23 bits per heavy atom. The van der Waals surface area contributed by atoms with E-state index in [1.165, 1.54) is 9.82 Å². The number of fused-ring (bicyclic) bond motifs is 6. The van der Waals surface area contributed by atoms with Gasteiger partial charge in [0.15, 0.2) is 0 Å². The normalized spacial score (nSPS) is 30.0. The van der Waals surface area contributed by atoms with Gasteiger partial charge in [0.05, 0.1) is 47.4 Å². The minimum Gasteiger partial charge on any atom is -0.346 e. The minimum atomic E-state index is -3.35. The van der Waals surface area contributed by atoms with Gasteiger partial charge in [0.1, 0.15) is 34.7 Å². The van der Waals surface area contributed by atoms with Gasteiger partial charge in [0.2, 0.25) is 10.0 Å². The highest BCUT2D eigenvalue weighted by atomic mass is 35.5. The summed E-state index contributed by atoms with van der Waals surface area (Å²) in [6.45, 7) is 1.18. The van der Waals surface area contributed by atoms with Gasteiger partial charge in [0.25, 0.3) is 0 Å². The third kappa shape index (κ3) is 5.27. The number of halogens is 3. The molecule has 6 aliphatic carbocycles. The summed E-state index contributed by atoms with van der Waals surface area (Å²) in [6, 6.07) is 4.08. The van der Waals surface area contributed by atoms with Crippen molar-refractivity contribution in [1.29, 1.82) is 0 Å². The van der Waals surface area contributed by atoms with E-state index < -0.39 is 22.4 Å². The number of sulfonamides is 1. The van der Waals surface area contributed by atoms with Crippen LogP contribution in [0.4, 0.5) is 8.78 Å². The molecule has 0 radical (unpaired) electrons. The Balaban J connectivity index is 0.000000141. The summed E-state index contributed by atoms with van der Waals surface area (Å²) in [5, 5.41) is 4.98. The monoisotopic (exact) mass is 757 g/mol. The summed E-state index contributed by atoms with van der Waals surface area (Å²) in [5.74, 6) is 0.141. The van der Waals surface area contributed by atoms with Gasteiger partial charge < -0.3 is 30.2 Å². The standard InChI is InChI=1S/C17H18FN5O2S.C13H13N5.C3H6FN.2CH4.ClH/c18-11-4-22(5-11)26(24,25)9-16-6-17(7-16,8-16)23-10-21-13-3-20-15-12(14(13)23)1-2-19-15;14-12-4-13(5-12,6-12)18-7-17-9-3-16-11-8(10(9)18)1-2-15-11;4-3-1-5-2-3;;;/h1-3,10-11H,4-9H2,(H,19,20);1-3,7H,4-6,14H2,(H,15,16);3,5H,1-2H2;2*1H4;1H. The van der Waals surface area contributed by atoms with Crippen molar-refractivity contribution in [1.82, 2.24) is 48.7 Å². The Bertz CT molecular complexity index is 2350. The first kappa shape index (κ1) is 36.6. The van der Waals surface area contributed by atoms with Crippen LogP contribution in [0.25, 0.3) is 44.1 Å². The van der Waals surface area contributed by atoms with E-state index in [0.29, 0.717) is 13.1 Å². The van der Waals surface area contributed by atoms with Crippen LogP contribution in [0, 0.1) is 5.41 Å². The molecule has 0 atom stereocenters. The van der Waals surface area contributed by atoms with Crippen LogP contribution in [0.5, 0.6) is 0 Å². The van der Waals surface area contributed by atoms with Crippen molar-refractivity contribution in [2.24, 2.45) is 11.1 Å². The first-order valence-electron chi connectivity index (χ1n) is 16.8. The van der Waals surface area contributed by atoms with E-state index in [-0.39, 0.29) is 68.1 Å². The minimum absolute atomic E-state index is 0. The number of nitrogens with one attached hydrogen (secondary N) is 3. The molecule has 2 aliphatic heterocycles. The summed E-state index contributed by atoms with van der Waals surface area (Å²) < 4.78 is 55.2. The predicted molar refractivity (Wildman–Crippen MR) is 201 cm³/mol. The molecule has 6 aromatic rings. The van der Waals surface area contributed by atoms with Gasteiger partial charge in [-0.25, -0.2) is 37.1 Å². The van der Waals surface area contributed by atoms with Crippen molar-refractivity contribution in [2.75, 3.05) is 31.9 Å². The topological polar surface area (TPSA) is 168 Å². The zero-order valence-electron chi connectivity index (χ0n) is 27.1. The van der Waals surface area contributed by atoms with Crippen molar-refractivity contribution in [3.8, 4) is 0 Å². The van der Waals surface area contributed by atoms with Gasteiger partial charge in [-0.15, -0.1) is 12.4 Å². The molecule has 6 aromatic heterocycles. The van der Waals surface area contributed by atoms with Crippen LogP contribution in [0.2, 0.25) is 0 Å². The molecule has 14 rings (SSSR count). The van der Waals surface area contributed by atoms with E-state index in [2.05, 4.69) is 50.4 Å². The number of pyridine rings is 2. The number of hydrogen-bond acceptors (Lipinski definition) is 8. The summed E-state index contributed by atoms with van der Waals surface area (Å²) in [5.41, 5.74) is 12.2. The molecular weight excluding hydrogens is 712 g/mol. The maximum Gasteiger partial charge on any atom is 0.214 e. The van der Waals surface area contributed by atoms with Crippen molar-refractivity contribution in [2.45, 2.75) is 82.3 Å². The molecule has 8 fully saturated rings. The molecule has 0 aromatic carbocycles. The lowest BCUT2D eigenvalue weighted by molar-refractivity contribution is -0.169. The molecule has 52 heavy (non-hydrogen) atoms. The maximum absolute atomic E-state index is 13.0. The summed E-state index contributed by atoms with van der Waals surface area (Å²) in [4.78, 5) is 24.0. The molecule has 5 N–H and O–H groups in total. The second-order valence-electron chi connectivity index (χ2n) is 15.5. The van der Waals surface area contributed by atoms with Crippen LogP contribution in [0.1, 0.15) is 53.4 Å². The molecule has 2 saturated heterocycles. The van der Waals surface area contributed by atoms with Gasteiger partial charge in [0, 0.05) is 60.4 Å². The molecule has 4 bridgehead atoms. The van der Waals surface area contributed by atoms with Crippen molar-refractivity contribution >= 4 is 66.6 Å². The van der Waals surface area contributed by atoms with Crippen molar-refractivity contribution < 1.29 is 17.2 Å². The summed E-state index contributed by atoms with van der Waals surface area (Å²) in [6.07, 6.45) is 15.5. The number of alkyl halides is 2. The Hall–Kier alpha value is -3.70. The van der Waals surface area contributed by atoms with E-state index in [1.807, 2.05) is 37.3 Å². The highest BCUT2D eigenvalue weighted by molar-refractivity contribution is 7.89. The second kappa shape index (κ2) is 12.2. The number of H-pyrrole nitrogens is 2. The van der Waals surface area contributed by atoms with Crippen molar-refractivity contribution in [3.63, 3.8) is 0 Å². The van der Waals surface area contributed by atoms with Gasteiger partial charge in [-0.3, -0.25) is 0 Å². The Labute approximate surface area is 306 Å². The smallest absolute Gasteiger partial charge is 0.214 e. The quantitative estimate of drug-likeness (QED) is 0.193. The number of rotatable bonds is 5. The van der Waals surface area contributed by atoms with E-state index in [1.54, 1.807) is 6.20 Å². The Morgan fingerprint density at radius 1 is 0.769 bits per heavy atom. The van der Waals surface area contributed by atoms with Crippen molar-refractivity contribution in [3.05, 3.63) is 49.6 Å². The molecule has 0 unspecified atom stereocenters. The van der Waals surface area contributed by atoms with Crippen LogP contribution in [-0.4, -0.2) is 102 Å². The third-order valence-corrected chi connectivity index (χ3v) is 13.8. The van der Waals surface area contributed by atoms with Crippen LogP contribution < -0.4 is 11.1 Å². The number of nitrogens with zero attached hydrogens (tertiary/aromatic N) is 7. The lowest BCUT2D eigenvalue weighted by atomic mass is 9.40. The fraction of sp³-hybridized carbons (Fsp3) is 0.543. The molecule has 8 aliphatic rings. The number of aromatic amines is 2. The van der Waals surface area contributed by atoms with Gasteiger partial charge in [-0.05, 0) is 56.1 Å². The lowest BCUT2D eigenvalue weighted by Crippen LogP contribution is -2.76. The largest absolute Gasteiger partial charge is 0.346 e. The average molecular weight is 758 g/mol. The number of nitrogens with two attached hydrogens (primary N) is 1. The van der Waals surface area contributed by atoms with Crippen LogP contribution in [0.15, 0.2) is 49.6 Å². The summed E-state index contributed by atoms with van der Waals surface area (Å²) in [7, 11) is -3.35. The highest BCUT2D eigenvalue weighted by Gasteiger charge is 2.70. The number of aromatic nitrogens is 8. The molecule has 280 valence electrons. The van der Waals surface area contributed by atoms with Crippen LogP contribution >= 0.6 is 12.4 Å². The van der Waals surface area contributed by atoms with Crippen LogP contribution in [0.3, 0.4) is 0 Å². The zero-order valence-corrected chi connectivity index (χ0v) is 28.8. The number of hydrogen-bond donors (Lipinski definition) is 4. The lowest BCUT2D eigenvalue weighted by Gasteiger charge is -2.71. The fourth-order valence-electron chi connectivity index (χ4n) is 9.50. The highest BCUT2D eigenvalue weighted by Crippen LogP contribution is 2.72. The fourth-order valence-corrected chi connectivity index (χ4v) is 11.5. The van der Waals surface area contributed by atoms with E-state index in [4.69, 9.17) is 5.73 Å². The molecular formula is C35H46ClF2N11O2S. The van der Waals surface area contributed by atoms with E-state index >= 15 is 0 Å². The first-order valence-corrected chi connectivity index (χ1v) is 18.4. The SMILES string of the molecule is C.C.Cl.FC1CNC1.NC12CC(n3cnc4cnc5[nH]ccc5c43)(C1)C2.O=S(=O)(CC12CC(n3cnc4cnc5[nH]ccc5c43)(C1)C2)N1CC(F)C1. The molecule has 0 amide bonds. The van der Waals surface area contributed by atoms with E-state index in [9.17, 15) is 17.2 Å². The molecule has 13 nitrogen and oxygen atoms in total. The Kier molecular flexibility index (Phi) is 8.57. The first-order chi connectivity index (χ1) is 23.5. The Morgan fingerprint density at radius 3 is 1.63 bits per heavy atom. The zero-order chi connectivity index (χ0) is 33.4.